The number of pyridine rings is 1. The normalized spacial score (nSPS) is 11.7. The van der Waals surface area contributed by atoms with Crippen LogP contribution in [-0.4, -0.2) is 35.4 Å². The predicted octanol–water partition coefficient (Wildman–Crippen LogP) is 5.05. The first-order valence-corrected chi connectivity index (χ1v) is 12.6. The quantitative estimate of drug-likeness (QED) is 0.224. The van der Waals surface area contributed by atoms with Crippen molar-refractivity contribution in [3.8, 4) is 11.1 Å². The molecule has 0 bridgehead atoms. The molecule has 4 rings (SSSR count). The fraction of sp³-hybridized carbons (Fsp3) is 0.143. The van der Waals surface area contributed by atoms with Crippen LogP contribution in [0.5, 0.6) is 0 Å². The summed E-state index contributed by atoms with van der Waals surface area (Å²) in [7, 11) is 0.153. The Morgan fingerprint density at radius 3 is 2.32 bits per heavy atom. The average Bonchev–Trinajstić information content (AvgIpc) is 2.93. The third kappa shape index (κ3) is 6.85. The van der Waals surface area contributed by atoms with Gasteiger partial charge in [0.05, 0.1) is 52.6 Å². The van der Waals surface area contributed by atoms with Crippen molar-refractivity contribution in [2.24, 2.45) is 0 Å². The molecule has 4 aromatic rings. The predicted molar refractivity (Wildman–Crippen MR) is 141 cm³/mol. The summed E-state index contributed by atoms with van der Waals surface area (Å²) in [5.74, 6) is -0.687. The molecule has 0 aliphatic carbocycles. The molecule has 0 saturated carbocycles. The van der Waals surface area contributed by atoms with Gasteiger partial charge in [-0.15, -0.1) is 0 Å². The zero-order valence-corrected chi connectivity index (χ0v) is 21.0. The van der Waals surface area contributed by atoms with Gasteiger partial charge in [0.15, 0.2) is 0 Å². The number of carbonyl (C=O) groups is 1. The maximum Gasteiger partial charge on any atom is 0.255 e. The van der Waals surface area contributed by atoms with E-state index in [-0.39, 0.29) is 11.7 Å². The van der Waals surface area contributed by atoms with E-state index in [4.69, 9.17) is 15.2 Å². The molecule has 1 atom stereocenters. The van der Waals surface area contributed by atoms with Gasteiger partial charge in [0, 0.05) is 23.8 Å². The van der Waals surface area contributed by atoms with E-state index in [1.165, 1.54) is 12.1 Å². The Hall–Kier alpha value is -3.92. The number of amides is 1. The lowest BCUT2D eigenvalue weighted by molar-refractivity contribution is 0.0602. The smallest absolute Gasteiger partial charge is 0.255 e. The molecular formula is C28H26FN3O4S. The first kappa shape index (κ1) is 26.2. The third-order valence-electron chi connectivity index (χ3n) is 5.50. The van der Waals surface area contributed by atoms with Gasteiger partial charge in [-0.1, -0.05) is 18.2 Å². The SMILES string of the molecule is COCCOCc1ccc(S(=O)c2ccc(C(=O)Nc3cc(-c4ccc(F)cc4)ccc3N)cc2)cn1. The largest absolute Gasteiger partial charge is 0.397 e. The van der Waals surface area contributed by atoms with Crippen LogP contribution in [-0.2, 0) is 26.9 Å². The van der Waals surface area contributed by atoms with Gasteiger partial charge >= 0.3 is 0 Å². The zero-order valence-electron chi connectivity index (χ0n) is 20.1. The second kappa shape index (κ2) is 12.4. The molecule has 0 aliphatic rings. The summed E-state index contributed by atoms with van der Waals surface area (Å²) < 4.78 is 36.6. The highest BCUT2D eigenvalue weighted by Crippen LogP contribution is 2.28. The minimum absolute atomic E-state index is 0.325. The van der Waals surface area contributed by atoms with Crippen molar-refractivity contribution in [2.45, 2.75) is 16.4 Å². The number of nitrogens with one attached hydrogen (secondary N) is 1. The van der Waals surface area contributed by atoms with Crippen LogP contribution in [0, 0.1) is 5.82 Å². The van der Waals surface area contributed by atoms with Crippen LogP contribution in [0.4, 0.5) is 15.8 Å². The van der Waals surface area contributed by atoms with E-state index >= 15 is 0 Å². The summed E-state index contributed by atoms with van der Waals surface area (Å²) in [5, 5.41) is 2.82. The van der Waals surface area contributed by atoms with Crippen molar-refractivity contribution in [3.63, 3.8) is 0 Å². The van der Waals surface area contributed by atoms with E-state index in [0.29, 0.717) is 46.5 Å². The van der Waals surface area contributed by atoms with Crippen LogP contribution >= 0.6 is 0 Å². The first-order valence-electron chi connectivity index (χ1n) is 11.4. The Bertz CT molecular complexity index is 1380. The minimum Gasteiger partial charge on any atom is -0.397 e. The zero-order chi connectivity index (χ0) is 26.2. The fourth-order valence-electron chi connectivity index (χ4n) is 3.47. The Morgan fingerprint density at radius 2 is 1.65 bits per heavy atom. The summed E-state index contributed by atoms with van der Waals surface area (Å²) in [6, 6.07) is 21.3. The van der Waals surface area contributed by atoms with Gasteiger partial charge in [-0.2, -0.15) is 0 Å². The number of benzene rings is 3. The van der Waals surface area contributed by atoms with E-state index in [1.54, 1.807) is 80.0 Å². The van der Waals surface area contributed by atoms with Gasteiger partial charge in [0.1, 0.15) is 5.82 Å². The number of aromatic nitrogens is 1. The Balaban J connectivity index is 1.41. The van der Waals surface area contributed by atoms with Gasteiger partial charge in [-0.05, 0) is 71.8 Å². The minimum atomic E-state index is -1.45. The number of hydrogen-bond donors (Lipinski definition) is 2. The molecule has 190 valence electrons. The number of nitrogen functional groups attached to an aromatic ring is 1. The molecule has 3 N–H and O–H groups in total. The Kier molecular flexibility index (Phi) is 8.73. The number of nitrogens with zero attached hydrogens (tertiary/aromatic N) is 1. The number of methoxy groups -OCH3 is 1. The van der Waals surface area contributed by atoms with Crippen molar-refractivity contribution in [1.82, 2.24) is 4.98 Å². The molecule has 9 heteroatoms. The lowest BCUT2D eigenvalue weighted by Gasteiger charge is -2.11. The van der Waals surface area contributed by atoms with E-state index < -0.39 is 10.8 Å². The maximum absolute atomic E-state index is 13.3. The second-order valence-electron chi connectivity index (χ2n) is 8.09. The standard InChI is InChI=1S/C28H26FN3O4S/c1-35-14-15-36-18-23-9-12-25(17-31-23)37(34)24-10-4-20(5-11-24)28(33)32-27-16-21(6-13-26(27)30)19-2-7-22(29)8-3-19/h2-13,16-17H,14-15,18,30H2,1H3,(H,32,33). The molecule has 3 aromatic carbocycles. The number of nitrogens with two attached hydrogens (primary N) is 1. The molecule has 1 unspecified atom stereocenters. The molecule has 1 aromatic heterocycles. The highest BCUT2D eigenvalue weighted by atomic mass is 32.2. The number of anilines is 2. The van der Waals surface area contributed by atoms with Crippen molar-refractivity contribution >= 4 is 28.1 Å². The topological polar surface area (TPSA) is 104 Å². The molecule has 1 amide bonds. The number of carbonyl (C=O) groups excluding carboxylic acids is 1. The van der Waals surface area contributed by atoms with Crippen molar-refractivity contribution in [1.29, 1.82) is 0 Å². The van der Waals surface area contributed by atoms with E-state index in [9.17, 15) is 13.4 Å². The van der Waals surface area contributed by atoms with Crippen LogP contribution in [0.2, 0.25) is 0 Å². The van der Waals surface area contributed by atoms with Crippen molar-refractivity contribution < 1.29 is 22.9 Å². The molecule has 37 heavy (non-hydrogen) atoms. The van der Waals surface area contributed by atoms with Crippen LogP contribution in [0.15, 0.2) is 94.9 Å². The molecular weight excluding hydrogens is 493 g/mol. The van der Waals surface area contributed by atoms with Gasteiger partial charge in [-0.3, -0.25) is 9.78 Å². The third-order valence-corrected chi connectivity index (χ3v) is 6.87. The number of halogens is 1. The molecule has 7 nitrogen and oxygen atoms in total. The van der Waals surface area contributed by atoms with Crippen molar-refractivity contribution in [3.05, 3.63) is 102 Å². The Morgan fingerprint density at radius 1 is 0.946 bits per heavy atom. The van der Waals surface area contributed by atoms with E-state index in [2.05, 4.69) is 10.3 Å². The lowest BCUT2D eigenvalue weighted by atomic mass is 10.0. The van der Waals surface area contributed by atoms with Gasteiger partial charge in [-0.25, -0.2) is 8.60 Å². The van der Waals surface area contributed by atoms with Crippen LogP contribution in [0.3, 0.4) is 0 Å². The van der Waals surface area contributed by atoms with E-state index in [0.717, 1.165) is 16.8 Å². The molecule has 0 radical (unpaired) electrons. The summed E-state index contributed by atoms with van der Waals surface area (Å²) >= 11 is 0. The highest BCUT2D eigenvalue weighted by Gasteiger charge is 2.13. The summed E-state index contributed by atoms with van der Waals surface area (Å²) in [4.78, 5) is 18.2. The molecule has 0 aliphatic heterocycles. The maximum atomic E-state index is 13.3. The highest BCUT2D eigenvalue weighted by molar-refractivity contribution is 7.85. The Labute approximate surface area is 216 Å². The molecule has 0 saturated heterocycles. The van der Waals surface area contributed by atoms with Gasteiger partial charge in [0.2, 0.25) is 0 Å². The van der Waals surface area contributed by atoms with Crippen LogP contribution in [0.25, 0.3) is 11.1 Å². The van der Waals surface area contributed by atoms with Crippen molar-refractivity contribution in [2.75, 3.05) is 31.4 Å². The number of rotatable bonds is 10. The van der Waals surface area contributed by atoms with Gasteiger partial charge in [0.25, 0.3) is 5.91 Å². The average molecular weight is 520 g/mol. The molecule has 0 spiro atoms. The lowest BCUT2D eigenvalue weighted by Crippen LogP contribution is -2.13. The summed E-state index contributed by atoms with van der Waals surface area (Å²) in [5.41, 5.74) is 9.60. The van der Waals surface area contributed by atoms with Crippen LogP contribution < -0.4 is 11.1 Å². The number of ether oxygens (including phenoxy) is 2. The molecule has 0 fully saturated rings. The second-order valence-corrected chi connectivity index (χ2v) is 9.57. The van der Waals surface area contributed by atoms with E-state index in [1.807, 2.05) is 0 Å². The summed E-state index contributed by atoms with van der Waals surface area (Å²) in [6.45, 7) is 1.32. The first-order chi connectivity index (χ1) is 17.9. The number of hydrogen-bond acceptors (Lipinski definition) is 6. The monoisotopic (exact) mass is 519 g/mol. The summed E-state index contributed by atoms with van der Waals surface area (Å²) in [6.07, 6.45) is 1.56. The van der Waals surface area contributed by atoms with Crippen LogP contribution in [0.1, 0.15) is 16.1 Å². The fourth-order valence-corrected chi connectivity index (χ4v) is 4.47. The molecule has 1 heterocycles. The van der Waals surface area contributed by atoms with Gasteiger partial charge < -0.3 is 20.5 Å².